The van der Waals surface area contributed by atoms with Crippen LogP contribution in [0.4, 0.5) is 5.69 Å². The number of hydrogen-bond acceptors (Lipinski definition) is 3. The fourth-order valence-corrected chi connectivity index (χ4v) is 2.64. The van der Waals surface area contributed by atoms with Crippen LogP contribution in [-0.4, -0.2) is 13.0 Å². The van der Waals surface area contributed by atoms with Gasteiger partial charge in [0.05, 0.1) is 12.8 Å². The third-order valence-electron chi connectivity index (χ3n) is 2.98. The van der Waals surface area contributed by atoms with Crippen molar-refractivity contribution in [2.75, 3.05) is 12.4 Å². The van der Waals surface area contributed by atoms with E-state index in [0.29, 0.717) is 17.0 Å². The highest BCUT2D eigenvalue weighted by molar-refractivity contribution is 9.10. The number of halogens is 2. The number of benzene rings is 2. The van der Waals surface area contributed by atoms with E-state index in [1.165, 1.54) is 13.2 Å². The summed E-state index contributed by atoms with van der Waals surface area (Å²) in [4.78, 5) is 12.3. The molecule has 0 aliphatic carbocycles. The fourth-order valence-electron chi connectivity index (χ4n) is 1.87. The molecule has 0 spiro atoms. The number of carbonyl (C=O) groups excluding carboxylic acids is 1. The number of nitrogens with one attached hydrogen (secondary N) is 1. The molecule has 116 valence electrons. The Hall–Kier alpha value is -2.10. The van der Waals surface area contributed by atoms with E-state index < -0.39 is 5.91 Å². The molecule has 0 bridgehead atoms. The van der Waals surface area contributed by atoms with Gasteiger partial charge < -0.3 is 10.1 Å². The van der Waals surface area contributed by atoms with Gasteiger partial charge in [0.2, 0.25) is 0 Å². The largest absolute Gasteiger partial charge is 0.496 e. The molecule has 1 amide bonds. The van der Waals surface area contributed by atoms with Gasteiger partial charge in [0, 0.05) is 14.5 Å². The average molecular weight is 436 g/mol. The molecule has 0 aliphatic heterocycles. The molecular weight excluding hydrogens is 424 g/mol. The minimum atomic E-state index is -0.485. The predicted molar refractivity (Wildman–Crippen MR) is 97.1 cm³/mol. The van der Waals surface area contributed by atoms with Crippen LogP contribution in [0.3, 0.4) is 0 Å². The number of nitrogens with zero attached hydrogens (tertiary/aromatic N) is 1. The molecule has 0 aromatic heterocycles. The topological polar surface area (TPSA) is 62.1 Å². The van der Waals surface area contributed by atoms with Crippen LogP contribution in [-0.2, 0) is 4.79 Å². The lowest BCUT2D eigenvalue weighted by Crippen LogP contribution is -2.13. The van der Waals surface area contributed by atoms with E-state index in [4.69, 9.17) is 4.74 Å². The molecule has 0 fully saturated rings. The summed E-state index contributed by atoms with van der Waals surface area (Å²) in [7, 11) is 1.54. The van der Waals surface area contributed by atoms with E-state index >= 15 is 0 Å². The second kappa shape index (κ2) is 7.95. The van der Waals surface area contributed by atoms with Crippen molar-refractivity contribution in [3.05, 3.63) is 62.5 Å². The molecule has 0 atom stereocenters. The van der Waals surface area contributed by atoms with Gasteiger partial charge in [0.1, 0.15) is 17.4 Å². The van der Waals surface area contributed by atoms with Crippen LogP contribution >= 0.6 is 31.9 Å². The summed E-state index contributed by atoms with van der Waals surface area (Å²) in [5.74, 6) is 0.0936. The number of amides is 1. The Morgan fingerprint density at radius 1 is 1.26 bits per heavy atom. The van der Waals surface area contributed by atoms with Crippen molar-refractivity contribution in [3.63, 3.8) is 0 Å². The molecule has 0 saturated carbocycles. The van der Waals surface area contributed by atoms with Gasteiger partial charge in [-0.05, 0) is 52.3 Å². The minimum absolute atomic E-state index is 0.0165. The molecule has 4 nitrogen and oxygen atoms in total. The molecule has 23 heavy (non-hydrogen) atoms. The monoisotopic (exact) mass is 434 g/mol. The van der Waals surface area contributed by atoms with Crippen LogP contribution in [0.5, 0.6) is 5.75 Å². The van der Waals surface area contributed by atoms with Crippen molar-refractivity contribution < 1.29 is 9.53 Å². The fraction of sp³-hybridized carbons (Fsp3) is 0.0588. The molecule has 2 aromatic rings. The Balaban J connectivity index is 2.33. The lowest BCUT2D eigenvalue weighted by molar-refractivity contribution is -0.112. The van der Waals surface area contributed by atoms with Crippen molar-refractivity contribution >= 4 is 49.5 Å². The van der Waals surface area contributed by atoms with Gasteiger partial charge in [-0.15, -0.1) is 0 Å². The number of carbonyl (C=O) groups is 1. The second-order valence-electron chi connectivity index (χ2n) is 4.49. The highest BCUT2D eigenvalue weighted by Crippen LogP contribution is 2.26. The van der Waals surface area contributed by atoms with Crippen LogP contribution in [0.25, 0.3) is 6.08 Å². The van der Waals surface area contributed by atoms with Gasteiger partial charge in [-0.2, -0.15) is 5.26 Å². The number of hydrogen-bond donors (Lipinski definition) is 1. The summed E-state index contributed by atoms with van der Waals surface area (Å²) < 4.78 is 6.82. The quantitative estimate of drug-likeness (QED) is 0.555. The molecule has 0 radical (unpaired) electrons. The zero-order valence-corrected chi connectivity index (χ0v) is 15.3. The molecule has 2 aromatic carbocycles. The zero-order valence-electron chi connectivity index (χ0n) is 12.1. The van der Waals surface area contributed by atoms with E-state index in [2.05, 4.69) is 37.2 Å². The SMILES string of the molecule is COc1ccc(Br)cc1/C=C(\C#N)C(=O)Nc1ccccc1Br. The lowest BCUT2D eigenvalue weighted by Gasteiger charge is -2.08. The zero-order chi connectivity index (χ0) is 16.8. The Kier molecular flexibility index (Phi) is 5.97. The number of para-hydroxylation sites is 1. The van der Waals surface area contributed by atoms with Gasteiger partial charge in [-0.1, -0.05) is 28.1 Å². The van der Waals surface area contributed by atoms with Gasteiger partial charge in [0.25, 0.3) is 5.91 Å². The summed E-state index contributed by atoms with van der Waals surface area (Å²) in [6.45, 7) is 0. The van der Waals surface area contributed by atoms with Crippen molar-refractivity contribution in [1.29, 1.82) is 5.26 Å². The number of anilines is 1. The van der Waals surface area contributed by atoms with Crippen LogP contribution in [0.1, 0.15) is 5.56 Å². The molecule has 2 rings (SSSR count). The molecule has 0 unspecified atom stereocenters. The van der Waals surface area contributed by atoms with Gasteiger partial charge in [0.15, 0.2) is 0 Å². The molecule has 6 heteroatoms. The maximum atomic E-state index is 12.3. The van der Waals surface area contributed by atoms with Crippen LogP contribution in [0, 0.1) is 11.3 Å². The molecular formula is C17H12Br2N2O2. The molecule has 0 heterocycles. The van der Waals surface area contributed by atoms with E-state index in [9.17, 15) is 10.1 Å². The summed E-state index contributed by atoms with van der Waals surface area (Å²) >= 11 is 6.71. The normalized spacial score (nSPS) is 10.8. The van der Waals surface area contributed by atoms with Crippen molar-refractivity contribution in [2.24, 2.45) is 0 Å². The first-order valence-electron chi connectivity index (χ1n) is 6.56. The van der Waals surface area contributed by atoms with Crippen molar-refractivity contribution in [2.45, 2.75) is 0 Å². The molecule has 0 saturated heterocycles. The first-order chi connectivity index (χ1) is 11.0. The third-order valence-corrected chi connectivity index (χ3v) is 4.16. The highest BCUT2D eigenvalue weighted by atomic mass is 79.9. The van der Waals surface area contributed by atoms with Gasteiger partial charge >= 0.3 is 0 Å². The standard InChI is InChI=1S/C17H12Br2N2O2/c1-23-16-7-6-13(18)9-11(16)8-12(10-20)17(22)21-15-5-3-2-4-14(15)19/h2-9H,1H3,(H,21,22)/b12-8+. The number of methoxy groups -OCH3 is 1. The number of rotatable bonds is 4. The lowest BCUT2D eigenvalue weighted by atomic mass is 10.1. The first kappa shape index (κ1) is 17.3. The minimum Gasteiger partial charge on any atom is -0.496 e. The highest BCUT2D eigenvalue weighted by Gasteiger charge is 2.12. The molecule has 0 aliphatic rings. The molecule has 1 N–H and O–H groups in total. The maximum absolute atomic E-state index is 12.3. The van der Waals surface area contributed by atoms with Crippen molar-refractivity contribution in [3.8, 4) is 11.8 Å². The predicted octanol–water partition coefficient (Wildman–Crippen LogP) is 4.77. The summed E-state index contributed by atoms with van der Waals surface area (Å²) in [6, 6.07) is 14.5. The van der Waals surface area contributed by atoms with Gasteiger partial charge in [-0.25, -0.2) is 0 Å². The second-order valence-corrected chi connectivity index (χ2v) is 6.26. The Morgan fingerprint density at radius 3 is 2.65 bits per heavy atom. The van der Waals surface area contributed by atoms with Crippen molar-refractivity contribution in [1.82, 2.24) is 0 Å². The van der Waals surface area contributed by atoms with Gasteiger partial charge in [-0.3, -0.25) is 4.79 Å². The van der Waals surface area contributed by atoms with Crippen LogP contribution < -0.4 is 10.1 Å². The average Bonchev–Trinajstić information content (AvgIpc) is 2.54. The Labute approximate surface area is 151 Å². The Morgan fingerprint density at radius 2 is 2.00 bits per heavy atom. The number of nitriles is 1. The third kappa shape index (κ3) is 4.44. The number of ether oxygens (including phenoxy) is 1. The smallest absolute Gasteiger partial charge is 0.266 e. The van der Waals surface area contributed by atoms with E-state index in [1.807, 2.05) is 24.3 Å². The van der Waals surface area contributed by atoms with Crippen LogP contribution in [0.2, 0.25) is 0 Å². The van der Waals surface area contributed by atoms with E-state index in [-0.39, 0.29) is 5.57 Å². The summed E-state index contributed by atoms with van der Waals surface area (Å²) in [6.07, 6.45) is 1.50. The van der Waals surface area contributed by atoms with E-state index in [1.54, 1.807) is 24.3 Å². The maximum Gasteiger partial charge on any atom is 0.266 e. The summed E-state index contributed by atoms with van der Waals surface area (Å²) in [5, 5.41) is 12.0. The summed E-state index contributed by atoms with van der Waals surface area (Å²) in [5.41, 5.74) is 1.22. The Bertz CT molecular complexity index is 810. The van der Waals surface area contributed by atoms with E-state index in [0.717, 1.165) is 8.95 Å². The van der Waals surface area contributed by atoms with Crippen LogP contribution in [0.15, 0.2) is 57.0 Å². The first-order valence-corrected chi connectivity index (χ1v) is 8.15.